The number of aromatic amines is 1. The number of aromatic nitrogens is 5. The van der Waals surface area contributed by atoms with Gasteiger partial charge < -0.3 is 15.0 Å². The zero-order valence-corrected chi connectivity index (χ0v) is 20.9. The van der Waals surface area contributed by atoms with Crippen LogP contribution in [0.4, 0.5) is 5.82 Å². The number of nitrogens with one attached hydrogen (secondary N) is 2. The number of pyridine rings is 3. The number of anilines is 1. The molecule has 1 aliphatic heterocycles. The number of rotatable bonds is 6. The Labute approximate surface area is 209 Å². The van der Waals surface area contributed by atoms with Gasteiger partial charge in [0.2, 0.25) is 0 Å². The van der Waals surface area contributed by atoms with Crippen LogP contribution < -0.4 is 10.2 Å². The van der Waals surface area contributed by atoms with Crippen molar-refractivity contribution in [3.8, 4) is 22.5 Å². The van der Waals surface area contributed by atoms with E-state index >= 15 is 0 Å². The molecule has 0 radical (unpaired) electrons. The average Bonchev–Trinajstić information content (AvgIpc) is 3.43. The number of nitrogens with zero attached hydrogens (tertiary/aromatic N) is 6. The molecule has 0 aromatic carbocycles. The number of hydrogen-bond donors (Lipinski definition) is 2. The van der Waals surface area contributed by atoms with Gasteiger partial charge in [0.25, 0.3) is 5.91 Å². The van der Waals surface area contributed by atoms with Gasteiger partial charge in [-0.2, -0.15) is 5.10 Å². The van der Waals surface area contributed by atoms with E-state index in [1.165, 1.54) is 0 Å². The third-order valence-corrected chi connectivity index (χ3v) is 6.65. The van der Waals surface area contributed by atoms with Crippen molar-refractivity contribution < 1.29 is 9.53 Å². The molecule has 10 heteroatoms. The highest BCUT2D eigenvalue weighted by Crippen LogP contribution is 2.35. The lowest BCUT2D eigenvalue weighted by Gasteiger charge is -2.33. The van der Waals surface area contributed by atoms with Gasteiger partial charge in [0.05, 0.1) is 30.1 Å². The van der Waals surface area contributed by atoms with Crippen molar-refractivity contribution in [2.75, 3.05) is 45.3 Å². The van der Waals surface area contributed by atoms with Gasteiger partial charge in [0.1, 0.15) is 17.0 Å². The third kappa shape index (κ3) is 4.65. The number of fused-ring (bicyclic) bond motifs is 1. The second-order valence-corrected chi connectivity index (χ2v) is 9.52. The van der Waals surface area contributed by atoms with Crippen LogP contribution in [0.3, 0.4) is 0 Å². The van der Waals surface area contributed by atoms with Gasteiger partial charge in [0, 0.05) is 48.8 Å². The van der Waals surface area contributed by atoms with E-state index in [2.05, 4.69) is 36.4 Å². The minimum absolute atomic E-state index is 0.186. The molecule has 1 fully saturated rings. The maximum Gasteiger partial charge on any atom is 0.254 e. The van der Waals surface area contributed by atoms with E-state index in [1.807, 2.05) is 51.0 Å². The lowest BCUT2D eigenvalue weighted by molar-refractivity contribution is 0.0789. The summed E-state index contributed by atoms with van der Waals surface area (Å²) in [5.74, 6) is 0.646. The first-order chi connectivity index (χ1) is 17.3. The maximum atomic E-state index is 13.1. The minimum Gasteiger partial charge on any atom is -0.378 e. The predicted molar refractivity (Wildman–Crippen MR) is 139 cm³/mol. The number of carbonyl (C=O) groups excluding carboxylic acids is 1. The fourth-order valence-corrected chi connectivity index (χ4v) is 4.09. The molecule has 4 aromatic rings. The van der Waals surface area contributed by atoms with Crippen LogP contribution in [-0.4, -0.2) is 82.0 Å². The van der Waals surface area contributed by atoms with E-state index in [4.69, 9.17) is 9.72 Å². The molecule has 0 unspecified atom stereocenters. The second kappa shape index (κ2) is 9.63. The summed E-state index contributed by atoms with van der Waals surface area (Å²) in [7, 11) is 3.85. The summed E-state index contributed by atoms with van der Waals surface area (Å²) in [6.07, 6.45) is 6.84. The predicted octanol–water partition coefficient (Wildman–Crippen LogP) is 2.95. The lowest BCUT2D eigenvalue weighted by Crippen LogP contribution is -2.53. The van der Waals surface area contributed by atoms with Crippen molar-refractivity contribution in [1.82, 2.24) is 35.4 Å². The molecule has 10 nitrogen and oxygen atoms in total. The summed E-state index contributed by atoms with van der Waals surface area (Å²) >= 11 is 0. The summed E-state index contributed by atoms with van der Waals surface area (Å²) in [5, 5.41) is 11.1. The number of ether oxygens (including phenoxy) is 1. The number of hydrogen-bond acceptors (Lipinski definition) is 8. The molecular formula is C26H30N8O2. The van der Waals surface area contributed by atoms with Crippen LogP contribution in [0.5, 0.6) is 0 Å². The summed E-state index contributed by atoms with van der Waals surface area (Å²) in [6.45, 7) is 6.70. The molecule has 0 spiro atoms. The largest absolute Gasteiger partial charge is 0.378 e. The molecule has 1 amide bonds. The fraction of sp³-hybridized carbons (Fsp3) is 0.346. The molecule has 2 N–H and O–H groups in total. The van der Waals surface area contributed by atoms with Crippen molar-refractivity contribution in [2.45, 2.75) is 19.5 Å². The van der Waals surface area contributed by atoms with Crippen LogP contribution in [0, 0.1) is 0 Å². The molecule has 186 valence electrons. The quantitative estimate of drug-likeness (QED) is 0.400. The van der Waals surface area contributed by atoms with Crippen molar-refractivity contribution in [3.05, 3.63) is 54.6 Å². The van der Waals surface area contributed by atoms with E-state index < -0.39 is 5.66 Å². The van der Waals surface area contributed by atoms with Gasteiger partial charge >= 0.3 is 0 Å². The Morgan fingerprint density at radius 2 is 1.94 bits per heavy atom. The Kier molecular flexibility index (Phi) is 6.38. The highest BCUT2D eigenvalue weighted by atomic mass is 16.5. The van der Waals surface area contributed by atoms with Gasteiger partial charge in [-0.3, -0.25) is 24.8 Å². The monoisotopic (exact) mass is 486 g/mol. The van der Waals surface area contributed by atoms with Crippen LogP contribution >= 0.6 is 0 Å². The molecular weight excluding hydrogens is 456 g/mol. The molecule has 5 rings (SSSR count). The molecule has 36 heavy (non-hydrogen) atoms. The zero-order valence-electron chi connectivity index (χ0n) is 20.9. The summed E-state index contributed by atoms with van der Waals surface area (Å²) in [6, 6.07) is 7.77. The summed E-state index contributed by atoms with van der Waals surface area (Å²) in [5.41, 5.74) is 4.00. The standard InChI is InChI=1S/C26H30N8O2/c1-26(2,33(3)4)31-25(35)18-13-17(15-27-16-18)20-14-22(34-9-11-36-12-10-34)30-23-19(20)5-7-28-24(23)21-6-8-29-32-21/h5-8,13-16H,9-12H2,1-4H3,(H,29,32)(H,31,35). The van der Waals surface area contributed by atoms with E-state index in [0.717, 1.165) is 52.3 Å². The minimum atomic E-state index is -0.509. The second-order valence-electron chi connectivity index (χ2n) is 9.52. The Balaban J connectivity index is 1.64. The van der Waals surface area contributed by atoms with Gasteiger partial charge in [-0.1, -0.05) is 0 Å². The van der Waals surface area contributed by atoms with E-state index in [1.54, 1.807) is 24.8 Å². The number of amides is 1. The fourth-order valence-electron chi connectivity index (χ4n) is 4.09. The average molecular weight is 487 g/mol. The SMILES string of the molecule is CN(C)C(C)(C)NC(=O)c1cncc(-c2cc(N3CCOCC3)nc3c(-c4ccn[nH]4)nccc23)c1. The topological polar surface area (TPSA) is 112 Å². The molecule has 0 atom stereocenters. The molecule has 0 saturated carbocycles. The smallest absolute Gasteiger partial charge is 0.254 e. The van der Waals surface area contributed by atoms with E-state index in [-0.39, 0.29) is 5.91 Å². The first-order valence-electron chi connectivity index (χ1n) is 11.9. The van der Waals surface area contributed by atoms with Crippen molar-refractivity contribution in [3.63, 3.8) is 0 Å². The molecule has 0 bridgehead atoms. The van der Waals surface area contributed by atoms with Crippen LogP contribution in [0.2, 0.25) is 0 Å². The van der Waals surface area contributed by atoms with Crippen molar-refractivity contribution in [2.24, 2.45) is 0 Å². The molecule has 5 heterocycles. The van der Waals surface area contributed by atoms with Gasteiger partial charge in [-0.05, 0) is 57.8 Å². The molecule has 1 saturated heterocycles. The van der Waals surface area contributed by atoms with Crippen LogP contribution in [0.15, 0.2) is 49.1 Å². The third-order valence-electron chi connectivity index (χ3n) is 6.65. The highest BCUT2D eigenvalue weighted by Gasteiger charge is 2.24. The van der Waals surface area contributed by atoms with Gasteiger partial charge in [0.15, 0.2) is 0 Å². The highest BCUT2D eigenvalue weighted by molar-refractivity contribution is 6.02. The Morgan fingerprint density at radius 3 is 2.67 bits per heavy atom. The van der Waals surface area contributed by atoms with Gasteiger partial charge in [-0.25, -0.2) is 4.98 Å². The van der Waals surface area contributed by atoms with Crippen molar-refractivity contribution in [1.29, 1.82) is 0 Å². The Morgan fingerprint density at radius 1 is 1.14 bits per heavy atom. The molecule has 4 aromatic heterocycles. The Bertz CT molecular complexity index is 1380. The normalized spacial score (nSPS) is 14.4. The molecule has 0 aliphatic carbocycles. The zero-order chi connectivity index (χ0) is 25.3. The van der Waals surface area contributed by atoms with Crippen molar-refractivity contribution >= 4 is 22.6 Å². The summed E-state index contributed by atoms with van der Waals surface area (Å²) < 4.78 is 5.55. The van der Waals surface area contributed by atoms with Crippen LogP contribution in [0.25, 0.3) is 33.4 Å². The first-order valence-corrected chi connectivity index (χ1v) is 11.9. The summed E-state index contributed by atoms with van der Waals surface area (Å²) in [4.78, 5) is 31.3. The van der Waals surface area contributed by atoms with Gasteiger partial charge in [-0.15, -0.1) is 0 Å². The number of carbonyl (C=O) groups is 1. The first kappa shape index (κ1) is 23.8. The number of H-pyrrole nitrogens is 1. The van der Waals surface area contributed by atoms with E-state index in [9.17, 15) is 4.79 Å². The molecule has 1 aliphatic rings. The van der Waals surface area contributed by atoms with Crippen LogP contribution in [-0.2, 0) is 4.74 Å². The van der Waals surface area contributed by atoms with Crippen LogP contribution in [0.1, 0.15) is 24.2 Å². The lowest BCUT2D eigenvalue weighted by atomic mass is 10.00. The van der Waals surface area contributed by atoms with E-state index in [0.29, 0.717) is 18.8 Å². The maximum absolute atomic E-state index is 13.1. The number of morpholine rings is 1. The Hall–Kier alpha value is -3.89.